The molecule has 3 aromatic heterocycles. The molecule has 29 heavy (non-hydrogen) atoms. The summed E-state index contributed by atoms with van der Waals surface area (Å²) in [6.45, 7) is 3.83. The van der Waals surface area contributed by atoms with Gasteiger partial charge in [-0.1, -0.05) is 6.07 Å². The molecule has 0 radical (unpaired) electrons. The van der Waals surface area contributed by atoms with E-state index in [1.807, 2.05) is 42.4 Å². The van der Waals surface area contributed by atoms with Crippen LogP contribution in [0, 0.1) is 6.92 Å². The molecule has 0 aromatic carbocycles. The van der Waals surface area contributed by atoms with Crippen LogP contribution in [-0.4, -0.2) is 40.1 Å². The van der Waals surface area contributed by atoms with Crippen LogP contribution in [0.3, 0.4) is 0 Å². The van der Waals surface area contributed by atoms with Crippen molar-refractivity contribution in [1.29, 1.82) is 0 Å². The van der Waals surface area contributed by atoms with Crippen LogP contribution in [0.2, 0.25) is 0 Å². The number of fused-ring (bicyclic) bond motifs is 4. The number of nitrogens with zero attached hydrogens (tertiary/aromatic N) is 5. The summed E-state index contributed by atoms with van der Waals surface area (Å²) in [4.78, 5) is 30.8. The first kappa shape index (κ1) is 17.6. The molecule has 7 heteroatoms. The minimum atomic E-state index is -0.191. The fourth-order valence-electron chi connectivity index (χ4n) is 4.15. The predicted molar refractivity (Wildman–Crippen MR) is 113 cm³/mol. The van der Waals surface area contributed by atoms with Crippen molar-refractivity contribution in [2.75, 3.05) is 28.2 Å². The van der Waals surface area contributed by atoms with E-state index < -0.39 is 0 Å². The predicted octanol–water partition coefficient (Wildman–Crippen LogP) is 3.87. The first-order valence-corrected chi connectivity index (χ1v) is 9.88. The third kappa shape index (κ3) is 3.29. The number of nitrogens with one attached hydrogen (secondary N) is 1. The summed E-state index contributed by atoms with van der Waals surface area (Å²) in [5, 5.41) is 2.93. The molecular formula is C22H22N6O. The monoisotopic (exact) mass is 386 g/mol. The third-order valence-electron chi connectivity index (χ3n) is 5.47. The quantitative estimate of drug-likeness (QED) is 0.724. The highest BCUT2D eigenvalue weighted by Crippen LogP contribution is 2.39. The van der Waals surface area contributed by atoms with Gasteiger partial charge in [0.25, 0.3) is 0 Å². The van der Waals surface area contributed by atoms with Crippen molar-refractivity contribution in [1.82, 2.24) is 15.0 Å². The van der Waals surface area contributed by atoms with Crippen LogP contribution < -0.4 is 15.1 Å². The maximum Gasteiger partial charge on any atom is 0.329 e. The molecule has 3 aromatic rings. The lowest BCUT2D eigenvalue weighted by atomic mass is 9.99. The van der Waals surface area contributed by atoms with Crippen molar-refractivity contribution < 1.29 is 4.79 Å². The Morgan fingerprint density at radius 2 is 2.14 bits per heavy atom. The Kier molecular flexibility index (Phi) is 4.35. The summed E-state index contributed by atoms with van der Waals surface area (Å²) in [5.41, 5.74) is 3.84. The van der Waals surface area contributed by atoms with E-state index in [1.165, 1.54) is 0 Å². The van der Waals surface area contributed by atoms with Gasteiger partial charge in [0, 0.05) is 37.2 Å². The van der Waals surface area contributed by atoms with Gasteiger partial charge in [0.1, 0.15) is 5.82 Å². The number of amides is 2. The number of piperidine rings is 1. The second kappa shape index (κ2) is 7.16. The molecule has 1 saturated heterocycles. The van der Waals surface area contributed by atoms with E-state index in [4.69, 9.17) is 4.98 Å². The minimum absolute atomic E-state index is 0.0957. The average Bonchev–Trinajstić information content (AvgIpc) is 2.74. The molecule has 2 aliphatic heterocycles. The fourth-order valence-corrected chi connectivity index (χ4v) is 4.15. The van der Waals surface area contributed by atoms with Crippen molar-refractivity contribution in [2.45, 2.75) is 25.8 Å². The molecule has 2 aliphatic rings. The number of aromatic nitrogens is 3. The van der Waals surface area contributed by atoms with Crippen LogP contribution >= 0.6 is 0 Å². The molecule has 1 atom stereocenters. The summed E-state index contributed by atoms with van der Waals surface area (Å²) in [6.07, 6.45) is 7.32. The molecule has 1 N–H and O–H groups in total. The van der Waals surface area contributed by atoms with Gasteiger partial charge in [-0.15, -0.1) is 0 Å². The number of anilines is 3. The molecule has 2 bridgehead atoms. The molecule has 7 nitrogen and oxygen atoms in total. The van der Waals surface area contributed by atoms with Crippen LogP contribution in [0.15, 0.2) is 55.0 Å². The Balaban J connectivity index is 1.56. The molecule has 0 saturated carbocycles. The number of carbonyl (C=O) groups excluding carboxylic acids is 1. The molecule has 0 unspecified atom stereocenters. The van der Waals surface area contributed by atoms with Crippen molar-refractivity contribution in [3.8, 4) is 11.3 Å². The molecular weight excluding hydrogens is 364 g/mol. The van der Waals surface area contributed by atoms with E-state index in [9.17, 15) is 4.79 Å². The lowest BCUT2D eigenvalue weighted by molar-refractivity contribution is 0.252. The molecule has 5 rings (SSSR count). The van der Waals surface area contributed by atoms with Crippen LogP contribution in [0.1, 0.15) is 18.4 Å². The van der Waals surface area contributed by atoms with E-state index >= 15 is 0 Å². The Labute approximate surface area is 169 Å². The number of hydrogen-bond donors (Lipinski definition) is 1. The van der Waals surface area contributed by atoms with Gasteiger partial charge in [-0.2, -0.15) is 0 Å². The highest BCUT2D eigenvalue weighted by Gasteiger charge is 2.38. The van der Waals surface area contributed by atoms with Gasteiger partial charge in [0.2, 0.25) is 0 Å². The van der Waals surface area contributed by atoms with E-state index in [0.717, 1.165) is 48.4 Å². The molecule has 2 amide bonds. The zero-order valence-corrected chi connectivity index (χ0v) is 16.2. The highest BCUT2D eigenvalue weighted by atomic mass is 16.2. The van der Waals surface area contributed by atoms with E-state index in [1.54, 1.807) is 12.3 Å². The molecule has 1 fully saturated rings. The number of aryl methyl sites for hydroxylation is 1. The lowest BCUT2D eigenvalue weighted by Crippen LogP contribution is -2.56. The lowest BCUT2D eigenvalue weighted by Gasteiger charge is -2.45. The Hall–Kier alpha value is -3.48. The first-order chi connectivity index (χ1) is 14.2. The maximum atomic E-state index is 13.2. The Morgan fingerprint density at radius 3 is 2.97 bits per heavy atom. The zero-order chi connectivity index (χ0) is 19.8. The van der Waals surface area contributed by atoms with Crippen molar-refractivity contribution >= 4 is 23.4 Å². The molecule has 0 spiro atoms. The topological polar surface area (TPSA) is 74.2 Å². The molecule has 146 valence electrons. The number of urea groups is 1. The van der Waals surface area contributed by atoms with E-state index in [-0.39, 0.29) is 12.1 Å². The van der Waals surface area contributed by atoms with Crippen molar-refractivity contribution in [3.05, 3.63) is 60.6 Å². The second-order valence-corrected chi connectivity index (χ2v) is 7.55. The van der Waals surface area contributed by atoms with E-state index in [0.29, 0.717) is 11.6 Å². The number of pyridine rings is 3. The number of hydrogen-bond acceptors (Lipinski definition) is 5. The summed E-state index contributed by atoms with van der Waals surface area (Å²) in [6, 6.07) is 11.5. The normalized spacial score (nSPS) is 17.6. The highest BCUT2D eigenvalue weighted by molar-refractivity contribution is 6.04. The van der Waals surface area contributed by atoms with Crippen LogP contribution in [0.5, 0.6) is 0 Å². The van der Waals surface area contributed by atoms with Crippen molar-refractivity contribution in [3.63, 3.8) is 0 Å². The fraction of sp³-hybridized carbons (Fsp3) is 0.273. The molecule has 5 heterocycles. The number of carbonyl (C=O) groups is 1. The third-order valence-corrected chi connectivity index (χ3v) is 5.47. The summed E-state index contributed by atoms with van der Waals surface area (Å²) in [5.74, 6) is 1.24. The van der Waals surface area contributed by atoms with Crippen LogP contribution in [0.4, 0.5) is 22.1 Å². The van der Waals surface area contributed by atoms with Gasteiger partial charge in [0.15, 0.2) is 5.82 Å². The molecule has 0 aliphatic carbocycles. The smallest absolute Gasteiger partial charge is 0.329 e. The maximum absolute atomic E-state index is 13.2. The zero-order valence-electron chi connectivity index (χ0n) is 16.2. The number of rotatable bonds is 2. The second-order valence-electron chi connectivity index (χ2n) is 7.55. The first-order valence-electron chi connectivity index (χ1n) is 9.88. The summed E-state index contributed by atoms with van der Waals surface area (Å²) >= 11 is 0. The van der Waals surface area contributed by atoms with Gasteiger partial charge in [-0.05, 0) is 55.7 Å². The van der Waals surface area contributed by atoms with Gasteiger partial charge in [-0.3, -0.25) is 15.2 Å². The SMILES string of the molecule is Cc1cncc(-c2ccc3c(n2)N(C(=O)Nc2ccccn2)[C@H]2CCCN3C2)c1. The minimum Gasteiger partial charge on any atom is -0.366 e. The average molecular weight is 386 g/mol. The van der Waals surface area contributed by atoms with Crippen molar-refractivity contribution in [2.24, 2.45) is 0 Å². The van der Waals surface area contributed by atoms with Crippen LogP contribution in [0.25, 0.3) is 11.3 Å². The van der Waals surface area contributed by atoms with Gasteiger partial charge < -0.3 is 4.90 Å². The Bertz CT molecular complexity index is 1050. The van der Waals surface area contributed by atoms with E-state index in [2.05, 4.69) is 32.3 Å². The van der Waals surface area contributed by atoms with Gasteiger partial charge in [-0.25, -0.2) is 14.8 Å². The van der Waals surface area contributed by atoms with Gasteiger partial charge in [0.05, 0.1) is 17.4 Å². The summed E-state index contributed by atoms with van der Waals surface area (Å²) < 4.78 is 0. The summed E-state index contributed by atoms with van der Waals surface area (Å²) in [7, 11) is 0. The standard InChI is InChI=1S/C22H22N6O/c1-15-11-16(13-23-12-15)18-7-8-19-21(25-18)28(17-5-4-10-27(19)14-17)22(29)26-20-6-2-3-9-24-20/h2-3,6-9,11-13,17H,4-5,10,14H2,1H3,(H,24,26,29)/t17-/m0/s1. The van der Waals surface area contributed by atoms with Crippen LogP contribution in [-0.2, 0) is 0 Å². The van der Waals surface area contributed by atoms with Gasteiger partial charge >= 0.3 is 6.03 Å². The largest absolute Gasteiger partial charge is 0.366 e. The Morgan fingerprint density at radius 1 is 1.21 bits per heavy atom.